The molecule has 0 N–H and O–H groups in total. The maximum atomic E-state index is 2.23. The van der Waals surface area contributed by atoms with Crippen molar-refractivity contribution in [3.8, 4) is 0 Å². The van der Waals surface area contributed by atoms with Crippen LogP contribution in [0.3, 0.4) is 0 Å². The highest BCUT2D eigenvalue weighted by Gasteiger charge is 2.06. The largest absolute Gasteiger partial charge is 0.344 e. The number of anilines is 2. The van der Waals surface area contributed by atoms with Crippen molar-refractivity contribution < 1.29 is 0 Å². The fourth-order valence-electron chi connectivity index (χ4n) is 3.28. The molecule has 2 rings (SSSR count). The molecule has 0 aliphatic rings. The molecule has 180 valence electrons. The average molecular weight is 463 g/mol. The molecule has 0 aliphatic heterocycles. The molecule has 0 amide bonds. The lowest BCUT2D eigenvalue weighted by Gasteiger charge is -2.22. The SMILES string of the molecule is C\C=C/C=C\C=C\N(C/C=C\C(=C/C)N(/C=C/C=C\C/C=C\C)c1ccccc1)c1ccccc1. The highest BCUT2D eigenvalue weighted by Crippen LogP contribution is 2.21. The standard InChI is InChI=1S/C33H38N2/c1-4-7-9-11-13-21-30-35(33-25-18-15-19-26-33)31(6-3)27-22-29-34(28-20-12-10-8-5-2)32-23-16-14-17-24-32/h4-8,10-28,30H,9,29H2,1-3H3/b7-4-,8-5-,12-10-,13-11-,27-22-,28-20+,30-21+,31-6+. The molecule has 0 fully saturated rings. The second-order valence-corrected chi connectivity index (χ2v) is 7.64. The predicted molar refractivity (Wildman–Crippen MR) is 156 cm³/mol. The van der Waals surface area contributed by atoms with E-state index in [1.807, 2.05) is 50.3 Å². The van der Waals surface area contributed by atoms with Crippen LogP contribution in [-0.4, -0.2) is 6.54 Å². The molecule has 0 bridgehead atoms. The highest BCUT2D eigenvalue weighted by molar-refractivity contribution is 5.58. The lowest BCUT2D eigenvalue weighted by molar-refractivity contribution is 1.08. The summed E-state index contributed by atoms with van der Waals surface area (Å²) >= 11 is 0. The number of nitrogens with zero attached hydrogens (tertiary/aromatic N) is 2. The summed E-state index contributed by atoms with van der Waals surface area (Å²) in [7, 11) is 0. The molecular formula is C33H38N2. The molecule has 0 unspecified atom stereocenters. The second-order valence-electron chi connectivity index (χ2n) is 7.64. The van der Waals surface area contributed by atoms with Gasteiger partial charge in [-0.15, -0.1) is 0 Å². The lowest BCUT2D eigenvalue weighted by atomic mass is 10.2. The van der Waals surface area contributed by atoms with Gasteiger partial charge >= 0.3 is 0 Å². The topological polar surface area (TPSA) is 6.48 Å². The molecule has 0 heterocycles. The van der Waals surface area contributed by atoms with Crippen molar-refractivity contribution in [3.05, 3.63) is 158 Å². The zero-order chi connectivity index (χ0) is 25.0. The van der Waals surface area contributed by atoms with E-state index in [9.17, 15) is 0 Å². The van der Waals surface area contributed by atoms with Crippen molar-refractivity contribution in [1.29, 1.82) is 0 Å². The molecule has 0 atom stereocenters. The Labute approximate surface area is 212 Å². The third kappa shape index (κ3) is 10.6. The molecule has 0 aromatic heterocycles. The van der Waals surface area contributed by atoms with Gasteiger partial charge in [-0.2, -0.15) is 0 Å². The van der Waals surface area contributed by atoms with Crippen LogP contribution in [0.15, 0.2) is 158 Å². The zero-order valence-corrected chi connectivity index (χ0v) is 21.2. The average Bonchev–Trinajstić information content (AvgIpc) is 2.91. The van der Waals surface area contributed by atoms with Crippen LogP contribution >= 0.6 is 0 Å². The first-order chi connectivity index (χ1) is 17.3. The summed E-state index contributed by atoms with van der Waals surface area (Å²) in [4.78, 5) is 4.44. The summed E-state index contributed by atoms with van der Waals surface area (Å²) < 4.78 is 0. The quantitative estimate of drug-likeness (QED) is 0.216. The monoisotopic (exact) mass is 462 g/mol. The van der Waals surface area contributed by atoms with Crippen LogP contribution in [0.2, 0.25) is 0 Å². The Hall–Kier alpha value is -4.04. The van der Waals surface area contributed by atoms with Gasteiger partial charge in [-0.25, -0.2) is 0 Å². The van der Waals surface area contributed by atoms with Crippen LogP contribution < -0.4 is 9.80 Å². The van der Waals surface area contributed by atoms with Crippen molar-refractivity contribution >= 4 is 11.4 Å². The molecule has 2 heteroatoms. The first-order valence-electron chi connectivity index (χ1n) is 12.2. The van der Waals surface area contributed by atoms with Gasteiger partial charge in [0.2, 0.25) is 0 Å². The van der Waals surface area contributed by atoms with Crippen LogP contribution in [0, 0.1) is 0 Å². The number of benzene rings is 2. The summed E-state index contributed by atoms with van der Waals surface area (Å²) in [6.45, 7) is 6.89. The van der Waals surface area contributed by atoms with Gasteiger partial charge in [0.05, 0.1) is 0 Å². The van der Waals surface area contributed by atoms with Gasteiger partial charge in [-0.05, 0) is 69.7 Å². The van der Waals surface area contributed by atoms with E-state index in [0.717, 1.165) is 30.0 Å². The molecule has 0 spiro atoms. The number of rotatable bonds is 13. The molecule has 0 saturated carbocycles. The van der Waals surface area contributed by atoms with Crippen molar-refractivity contribution in [3.63, 3.8) is 0 Å². The van der Waals surface area contributed by atoms with Gasteiger partial charge < -0.3 is 9.80 Å². The van der Waals surface area contributed by atoms with E-state index < -0.39 is 0 Å². The van der Waals surface area contributed by atoms with E-state index in [1.165, 1.54) is 0 Å². The van der Waals surface area contributed by atoms with E-state index in [1.54, 1.807) is 0 Å². The Bertz CT molecular complexity index is 1060. The number of hydrogen-bond donors (Lipinski definition) is 0. The molecule has 2 nitrogen and oxygen atoms in total. The Balaban J connectivity index is 2.21. The minimum absolute atomic E-state index is 0.755. The van der Waals surface area contributed by atoms with Crippen molar-refractivity contribution in [1.82, 2.24) is 0 Å². The van der Waals surface area contributed by atoms with Gasteiger partial charge in [0.1, 0.15) is 0 Å². The Morgan fingerprint density at radius 2 is 1.29 bits per heavy atom. The van der Waals surface area contributed by atoms with Gasteiger partial charge in [0, 0.05) is 36.0 Å². The summed E-state index contributed by atoms with van der Waals surface area (Å²) in [5, 5.41) is 0. The van der Waals surface area contributed by atoms with Gasteiger partial charge in [-0.3, -0.25) is 0 Å². The van der Waals surface area contributed by atoms with Gasteiger partial charge in [-0.1, -0.05) is 97.2 Å². The molecule has 0 aliphatic carbocycles. The van der Waals surface area contributed by atoms with Gasteiger partial charge in [0.25, 0.3) is 0 Å². The number of allylic oxidation sites excluding steroid dienone is 12. The van der Waals surface area contributed by atoms with E-state index in [0.29, 0.717) is 0 Å². The molecule has 2 aromatic carbocycles. The molecule has 35 heavy (non-hydrogen) atoms. The van der Waals surface area contributed by atoms with E-state index in [-0.39, 0.29) is 0 Å². The number of para-hydroxylation sites is 2. The summed E-state index contributed by atoms with van der Waals surface area (Å²) in [6, 6.07) is 20.9. The third-order valence-electron chi connectivity index (χ3n) is 5.07. The Kier molecular flexibility index (Phi) is 13.6. The minimum Gasteiger partial charge on any atom is -0.344 e. The molecule has 0 saturated heterocycles. The Morgan fingerprint density at radius 3 is 1.94 bits per heavy atom. The van der Waals surface area contributed by atoms with E-state index in [2.05, 4.69) is 132 Å². The predicted octanol–water partition coefficient (Wildman–Crippen LogP) is 9.14. The lowest BCUT2D eigenvalue weighted by Crippen LogP contribution is -2.17. The molecule has 0 radical (unpaired) electrons. The maximum absolute atomic E-state index is 2.23. The van der Waals surface area contributed by atoms with E-state index >= 15 is 0 Å². The smallest absolute Gasteiger partial charge is 0.0455 e. The van der Waals surface area contributed by atoms with Crippen LogP contribution in [0.5, 0.6) is 0 Å². The Morgan fingerprint density at radius 1 is 0.629 bits per heavy atom. The summed E-state index contributed by atoms with van der Waals surface area (Å²) in [5.74, 6) is 0. The normalized spacial score (nSPS) is 13.2. The van der Waals surface area contributed by atoms with Crippen LogP contribution in [0.4, 0.5) is 11.4 Å². The van der Waals surface area contributed by atoms with Crippen molar-refractivity contribution in [2.45, 2.75) is 27.2 Å². The molecular weight excluding hydrogens is 424 g/mol. The van der Waals surface area contributed by atoms with Crippen molar-refractivity contribution in [2.24, 2.45) is 0 Å². The third-order valence-corrected chi connectivity index (χ3v) is 5.07. The highest BCUT2D eigenvalue weighted by atomic mass is 15.1. The van der Waals surface area contributed by atoms with E-state index in [4.69, 9.17) is 0 Å². The minimum atomic E-state index is 0.755. The fourth-order valence-corrected chi connectivity index (χ4v) is 3.28. The van der Waals surface area contributed by atoms with Crippen LogP contribution in [0.1, 0.15) is 27.2 Å². The summed E-state index contributed by atoms with van der Waals surface area (Å²) in [5.41, 5.74) is 3.39. The first kappa shape index (κ1) is 27.2. The molecule has 2 aromatic rings. The fraction of sp³-hybridized carbons (Fsp3) is 0.152. The first-order valence-corrected chi connectivity index (χ1v) is 12.2. The van der Waals surface area contributed by atoms with Gasteiger partial charge in [0.15, 0.2) is 0 Å². The maximum Gasteiger partial charge on any atom is 0.0455 e. The summed E-state index contributed by atoms with van der Waals surface area (Å²) in [6.07, 6.45) is 32.4. The van der Waals surface area contributed by atoms with Crippen molar-refractivity contribution in [2.75, 3.05) is 16.3 Å². The van der Waals surface area contributed by atoms with Crippen LogP contribution in [0.25, 0.3) is 0 Å². The van der Waals surface area contributed by atoms with Crippen LogP contribution in [-0.2, 0) is 0 Å². The number of hydrogen-bond acceptors (Lipinski definition) is 2. The zero-order valence-electron chi connectivity index (χ0n) is 21.2. The second kappa shape index (κ2) is 17.4.